The predicted octanol–water partition coefficient (Wildman–Crippen LogP) is 2.92. The Bertz CT molecular complexity index is 842. The summed E-state index contributed by atoms with van der Waals surface area (Å²) in [6, 6.07) is 9.93. The summed E-state index contributed by atoms with van der Waals surface area (Å²) in [4.78, 5) is 20.4. The number of rotatable bonds is 7. The smallest absolute Gasteiger partial charge is 0.254 e. The third-order valence-corrected chi connectivity index (χ3v) is 5.24. The van der Waals surface area contributed by atoms with E-state index in [1.807, 2.05) is 45.3 Å². The average molecular weight is 369 g/mol. The van der Waals surface area contributed by atoms with Gasteiger partial charge in [0.15, 0.2) is 5.82 Å². The van der Waals surface area contributed by atoms with E-state index in [4.69, 9.17) is 0 Å². The zero-order chi connectivity index (χ0) is 18.5. The van der Waals surface area contributed by atoms with Crippen LogP contribution in [0.4, 0.5) is 0 Å². The molecular weight excluding hydrogens is 346 g/mol. The monoisotopic (exact) mass is 369 g/mol. The molecule has 0 spiro atoms. The molecule has 0 aliphatic rings. The average Bonchev–Trinajstić information content (AvgIpc) is 3.31. The molecule has 6 nitrogen and oxygen atoms in total. The van der Waals surface area contributed by atoms with Gasteiger partial charge in [0.25, 0.3) is 5.91 Å². The number of hydrogen-bond acceptors (Lipinski definition) is 5. The summed E-state index contributed by atoms with van der Waals surface area (Å²) >= 11 is 1.70. The Morgan fingerprint density at radius 2 is 2.15 bits per heavy atom. The highest BCUT2D eigenvalue weighted by Crippen LogP contribution is 2.22. The summed E-state index contributed by atoms with van der Waals surface area (Å²) in [5.74, 6) is 0.612. The largest absolute Gasteiger partial charge is 0.350 e. The summed E-state index contributed by atoms with van der Waals surface area (Å²) in [6.07, 6.45) is 4.04. The van der Waals surface area contributed by atoms with Crippen LogP contribution in [0.15, 0.2) is 48.1 Å². The van der Waals surface area contributed by atoms with Gasteiger partial charge in [0, 0.05) is 17.6 Å². The normalized spacial score (nSPS) is 12.3. The highest BCUT2D eigenvalue weighted by atomic mass is 32.1. The Hall–Kier alpha value is -2.51. The number of amides is 1. The van der Waals surface area contributed by atoms with Gasteiger partial charge in [0.1, 0.15) is 0 Å². The fourth-order valence-electron chi connectivity index (χ4n) is 2.88. The molecule has 1 atom stereocenters. The number of nitrogens with zero attached hydrogens (tertiary/aromatic N) is 4. The standard InChI is InChI=1S/C19H23N5OS/c1-4-15-14(12-22-24(15)18-9-5-6-10-20-18)19(25)21-13-16(23(2)3)17-8-7-11-26-17/h5-12,16H,4,13H2,1-3H3,(H,21,25). The highest BCUT2D eigenvalue weighted by molar-refractivity contribution is 7.10. The number of nitrogens with one attached hydrogen (secondary N) is 1. The van der Waals surface area contributed by atoms with Crippen molar-refractivity contribution in [3.63, 3.8) is 0 Å². The molecule has 7 heteroatoms. The lowest BCUT2D eigenvalue weighted by atomic mass is 10.1. The van der Waals surface area contributed by atoms with Crippen molar-refractivity contribution < 1.29 is 4.79 Å². The first-order valence-electron chi connectivity index (χ1n) is 8.58. The molecule has 3 aromatic heterocycles. The third kappa shape index (κ3) is 3.84. The minimum absolute atomic E-state index is 0.104. The Balaban J connectivity index is 1.77. The first-order valence-corrected chi connectivity index (χ1v) is 9.46. The summed E-state index contributed by atoms with van der Waals surface area (Å²) in [6.45, 7) is 2.56. The lowest BCUT2D eigenvalue weighted by Crippen LogP contribution is -2.34. The van der Waals surface area contributed by atoms with Crippen molar-refractivity contribution in [3.8, 4) is 5.82 Å². The van der Waals surface area contributed by atoms with Crippen molar-refractivity contribution in [1.29, 1.82) is 0 Å². The van der Waals surface area contributed by atoms with Crippen molar-refractivity contribution in [2.75, 3.05) is 20.6 Å². The summed E-state index contributed by atoms with van der Waals surface area (Å²) in [7, 11) is 4.04. The number of thiophene rings is 1. The van der Waals surface area contributed by atoms with E-state index >= 15 is 0 Å². The maximum atomic E-state index is 12.8. The lowest BCUT2D eigenvalue weighted by molar-refractivity contribution is 0.0941. The number of aromatic nitrogens is 3. The molecule has 3 rings (SSSR count). The number of carbonyl (C=O) groups is 1. The lowest BCUT2D eigenvalue weighted by Gasteiger charge is -2.23. The van der Waals surface area contributed by atoms with E-state index in [1.165, 1.54) is 4.88 Å². The molecule has 0 aliphatic carbocycles. The first-order chi connectivity index (χ1) is 12.6. The minimum Gasteiger partial charge on any atom is -0.350 e. The van der Waals surface area contributed by atoms with Crippen molar-refractivity contribution in [1.82, 2.24) is 25.0 Å². The van der Waals surface area contributed by atoms with Gasteiger partial charge in [0.2, 0.25) is 0 Å². The van der Waals surface area contributed by atoms with Gasteiger partial charge in [-0.1, -0.05) is 19.1 Å². The van der Waals surface area contributed by atoms with Crippen LogP contribution >= 0.6 is 11.3 Å². The second-order valence-corrected chi connectivity index (χ2v) is 7.14. The molecule has 26 heavy (non-hydrogen) atoms. The molecule has 1 unspecified atom stereocenters. The molecule has 0 saturated carbocycles. The molecule has 1 amide bonds. The fraction of sp³-hybridized carbons (Fsp3) is 0.316. The second-order valence-electron chi connectivity index (χ2n) is 6.16. The van der Waals surface area contributed by atoms with E-state index in [1.54, 1.807) is 28.4 Å². The first kappa shape index (κ1) is 18.3. The van der Waals surface area contributed by atoms with Crippen LogP contribution in [0.1, 0.15) is 33.9 Å². The topological polar surface area (TPSA) is 63.1 Å². The second kappa shape index (κ2) is 8.25. The van der Waals surface area contributed by atoms with Crippen LogP contribution in [0.5, 0.6) is 0 Å². The molecule has 0 fully saturated rings. The van der Waals surface area contributed by atoms with Crippen molar-refractivity contribution >= 4 is 17.2 Å². The maximum absolute atomic E-state index is 12.8. The van der Waals surface area contributed by atoms with Crippen LogP contribution in [-0.2, 0) is 6.42 Å². The third-order valence-electron chi connectivity index (χ3n) is 4.27. The molecule has 0 bridgehead atoms. The van der Waals surface area contributed by atoms with Crippen molar-refractivity contribution in [2.24, 2.45) is 0 Å². The molecule has 0 radical (unpaired) electrons. The zero-order valence-electron chi connectivity index (χ0n) is 15.2. The Kier molecular flexibility index (Phi) is 5.80. The van der Waals surface area contributed by atoms with Crippen LogP contribution in [0.2, 0.25) is 0 Å². The molecule has 0 saturated heterocycles. The van der Waals surface area contributed by atoms with E-state index in [9.17, 15) is 4.79 Å². The SMILES string of the molecule is CCc1c(C(=O)NCC(c2cccs2)N(C)C)cnn1-c1ccccn1. The Morgan fingerprint density at radius 3 is 2.77 bits per heavy atom. The van der Waals surface area contributed by atoms with Gasteiger partial charge in [-0.3, -0.25) is 4.79 Å². The zero-order valence-corrected chi connectivity index (χ0v) is 16.0. The minimum atomic E-state index is -0.104. The van der Waals surface area contributed by atoms with Gasteiger partial charge < -0.3 is 10.2 Å². The fourth-order valence-corrected chi connectivity index (χ4v) is 3.81. The molecule has 136 valence electrons. The van der Waals surface area contributed by atoms with E-state index in [0.717, 1.165) is 5.69 Å². The van der Waals surface area contributed by atoms with Gasteiger partial charge >= 0.3 is 0 Å². The van der Waals surface area contributed by atoms with E-state index in [-0.39, 0.29) is 11.9 Å². The molecular formula is C19H23N5OS. The summed E-state index contributed by atoms with van der Waals surface area (Å²) in [5.41, 5.74) is 1.46. The number of hydrogen-bond donors (Lipinski definition) is 1. The van der Waals surface area contributed by atoms with Crippen molar-refractivity contribution in [3.05, 3.63) is 64.2 Å². The maximum Gasteiger partial charge on any atom is 0.254 e. The number of pyridine rings is 1. The predicted molar refractivity (Wildman–Crippen MR) is 104 cm³/mol. The number of carbonyl (C=O) groups excluding carboxylic acids is 1. The van der Waals surface area contributed by atoms with Crippen LogP contribution in [0, 0.1) is 0 Å². The van der Waals surface area contributed by atoms with Gasteiger partial charge in [0.05, 0.1) is 23.5 Å². The Morgan fingerprint density at radius 1 is 1.31 bits per heavy atom. The van der Waals surface area contributed by atoms with Crippen LogP contribution in [0.25, 0.3) is 5.82 Å². The molecule has 0 aliphatic heterocycles. The molecule has 3 heterocycles. The van der Waals surface area contributed by atoms with Crippen LogP contribution in [-0.4, -0.2) is 46.2 Å². The van der Waals surface area contributed by atoms with E-state index < -0.39 is 0 Å². The molecule has 3 aromatic rings. The highest BCUT2D eigenvalue weighted by Gasteiger charge is 2.20. The van der Waals surface area contributed by atoms with Gasteiger partial charge in [-0.15, -0.1) is 11.3 Å². The van der Waals surface area contributed by atoms with E-state index in [0.29, 0.717) is 24.3 Å². The van der Waals surface area contributed by atoms with Gasteiger partial charge in [-0.05, 0) is 44.1 Å². The molecule has 0 aromatic carbocycles. The summed E-state index contributed by atoms with van der Waals surface area (Å²) in [5, 5.41) is 9.49. The number of likely N-dealkylation sites (N-methyl/N-ethyl adjacent to an activating group) is 1. The summed E-state index contributed by atoms with van der Waals surface area (Å²) < 4.78 is 1.73. The quantitative estimate of drug-likeness (QED) is 0.696. The van der Waals surface area contributed by atoms with Gasteiger partial charge in [-0.25, -0.2) is 9.67 Å². The molecule has 1 N–H and O–H groups in total. The van der Waals surface area contributed by atoms with Crippen LogP contribution in [0.3, 0.4) is 0 Å². The van der Waals surface area contributed by atoms with Gasteiger partial charge in [-0.2, -0.15) is 5.10 Å². The van der Waals surface area contributed by atoms with Crippen molar-refractivity contribution in [2.45, 2.75) is 19.4 Å². The van der Waals surface area contributed by atoms with Crippen LogP contribution < -0.4 is 5.32 Å². The van der Waals surface area contributed by atoms with E-state index in [2.05, 4.69) is 31.7 Å². The Labute approximate surface area is 157 Å².